The molecule has 136 valence electrons. The van der Waals surface area contributed by atoms with Crippen LogP contribution in [0.2, 0.25) is 0 Å². The third kappa shape index (κ3) is 4.34. The number of furan rings is 1. The van der Waals surface area contributed by atoms with Crippen molar-refractivity contribution in [1.82, 2.24) is 15.1 Å². The minimum Gasteiger partial charge on any atom is -0.466 e. The van der Waals surface area contributed by atoms with Crippen LogP contribution in [0, 0.1) is 19.7 Å². The van der Waals surface area contributed by atoms with Crippen LogP contribution in [0.1, 0.15) is 17.4 Å². The Balaban J connectivity index is 1.56. The predicted octanol–water partition coefficient (Wildman–Crippen LogP) is 3.16. The van der Waals surface area contributed by atoms with Gasteiger partial charge in [-0.15, -0.1) is 10.2 Å². The monoisotopic (exact) mass is 358 g/mol. The fourth-order valence-corrected chi connectivity index (χ4v) is 2.54. The van der Waals surface area contributed by atoms with E-state index in [0.29, 0.717) is 29.8 Å². The number of amides is 1. The Morgan fingerprint density at radius 1 is 1.19 bits per heavy atom. The van der Waals surface area contributed by atoms with E-state index in [2.05, 4.69) is 15.5 Å². The average molecular weight is 358 g/mol. The van der Waals surface area contributed by atoms with E-state index in [1.54, 1.807) is 11.9 Å². The lowest BCUT2D eigenvalue weighted by Gasteiger charge is -2.13. The van der Waals surface area contributed by atoms with Crippen LogP contribution in [0.25, 0.3) is 11.5 Å². The fourth-order valence-electron chi connectivity index (χ4n) is 2.54. The van der Waals surface area contributed by atoms with Crippen molar-refractivity contribution in [1.29, 1.82) is 0 Å². The highest BCUT2D eigenvalue weighted by Gasteiger charge is 2.16. The quantitative estimate of drug-likeness (QED) is 0.729. The normalized spacial score (nSPS) is 11.1. The highest BCUT2D eigenvalue weighted by atomic mass is 19.1. The van der Waals surface area contributed by atoms with E-state index in [1.165, 1.54) is 24.3 Å². The number of likely N-dealkylation sites (N-methyl/N-ethyl adjacent to an activating group) is 1. The maximum absolute atomic E-state index is 12.9. The molecule has 0 aliphatic carbocycles. The number of nitrogens with one attached hydrogen (secondary N) is 1. The first-order valence-electron chi connectivity index (χ1n) is 8.04. The molecule has 1 N–H and O–H groups in total. The van der Waals surface area contributed by atoms with Gasteiger partial charge in [0.15, 0.2) is 0 Å². The zero-order valence-electron chi connectivity index (χ0n) is 14.7. The number of benzene rings is 1. The molecule has 8 heteroatoms. The standard InChI is InChI=1S/C18H19FN4O3/c1-11-8-15(12(2)25-11)18-22-21-17(26-18)10-23(3)9-16(24)20-14-6-4-13(19)5-7-14/h4-8H,9-10H2,1-3H3,(H,20,24). The third-order valence-electron chi connectivity index (χ3n) is 3.68. The summed E-state index contributed by atoms with van der Waals surface area (Å²) in [6.45, 7) is 4.12. The number of nitrogens with zero attached hydrogens (tertiary/aromatic N) is 3. The summed E-state index contributed by atoms with van der Waals surface area (Å²) in [4.78, 5) is 13.8. The first kappa shape index (κ1) is 17.8. The number of rotatable bonds is 6. The average Bonchev–Trinajstić information content (AvgIpc) is 3.15. The summed E-state index contributed by atoms with van der Waals surface area (Å²) in [5, 5.41) is 10.7. The topological polar surface area (TPSA) is 84.4 Å². The van der Waals surface area contributed by atoms with Gasteiger partial charge in [0.1, 0.15) is 17.3 Å². The van der Waals surface area contributed by atoms with Gasteiger partial charge in [0.2, 0.25) is 11.8 Å². The third-order valence-corrected chi connectivity index (χ3v) is 3.68. The van der Waals surface area contributed by atoms with Crippen LogP contribution in [0.3, 0.4) is 0 Å². The second-order valence-electron chi connectivity index (χ2n) is 6.06. The van der Waals surface area contributed by atoms with Crippen molar-refractivity contribution in [3.05, 3.63) is 53.6 Å². The number of aromatic nitrogens is 2. The number of hydrogen-bond donors (Lipinski definition) is 1. The van der Waals surface area contributed by atoms with Crippen LogP contribution in [0.15, 0.2) is 39.2 Å². The first-order chi connectivity index (χ1) is 12.4. The van der Waals surface area contributed by atoms with E-state index in [-0.39, 0.29) is 18.3 Å². The van der Waals surface area contributed by atoms with E-state index in [4.69, 9.17) is 8.83 Å². The highest BCUT2D eigenvalue weighted by Crippen LogP contribution is 2.25. The Labute approximate surface area is 149 Å². The van der Waals surface area contributed by atoms with Gasteiger partial charge in [-0.1, -0.05) is 0 Å². The lowest BCUT2D eigenvalue weighted by Crippen LogP contribution is -2.29. The Morgan fingerprint density at radius 2 is 1.92 bits per heavy atom. The summed E-state index contributed by atoms with van der Waals surface area (Å²) in [7, 11) is 1.77. The van der Waals surface area contributed by atoms with Gasteiger partial charge in [0.05, 0.1) is 18.7 Å². The van der Waals surface area contributed by atoms with Crippen LogP contribution in [0.4, 0.5) is 10.1 Å². The number of carbonyl (C=O) groups excluding carboxylic acids is 1. The van der Waals surface area contributed by atoms with Crippen LogP contribution >= 0.6 is 0 Å². The van der Waals surface area contributed by atoms with Crippen molar-refractivity contribution in [2.24, 2.45) is 0 Å². The Morgan fingerprint density at radius 3 is 2.58 bits per heavy atom. The lowest BCUT2D eigenvalue weighted by atomic mass is 10.2. The van der Waals surface area contributed by atoms with Crippen LogP contribution in [-0.2, 0) is 11.3 Å². The maximum Gasteiger partial charge on any atom is 0.251 e. The number of halogens is 1. The first-order valence-corrected chi connectivity index (χ1v) is 8.04. The molecule has 0 atom stereocenters. The molecule has 0 fully saturated rings. The van der Waals surface area contributed by atoms with Crippen molar-refractivity contribution < 1.29 is 18.0 Å². The number of carbonyl (C=O) groups is 1. The molecule has 0 spiro atoms. The molecule has 26 heavy (non-hydrogen) atoms. The van der Waals surface area contributed by atoms with Crippen molar-refractivity contribution in [3.8, 4) is 11.5 Å². The molecule has 2 heterocycles. The summed E-state index contributed by atoms with van der Waals surface area (Å²) < 4.78 is 24.0. The van der Waals surface area contributed by atoms with Crippen LogP contribution < -0.4 is 5.32 Å². The summed E-state index contributed by atoms with van der Waals surface area (Å²) in [5.41, 5.74) is 1.30. The molecule has 1 amide bonds. The second-order valence-corrected chi connectivity index (χ2v) is 6.06. The highest BCUT2D eigenvalue weighted by molar-refractivity contribution is 5.92. The molecule has 0 bridgehead atoms. The van der Waals surface area contributed by atoms with E-state index in [1.807, 2.05) is 19.9 Å². The van der Waals surface area contributed by atoms with Gasteiger partial charge >= 0.3 is 0 Å². The smallest absolute Gasteiger partial charge is 0.251 e. The number of anilines is 1. The van der Waals surface area contributed by atoms with Gasteiger partial charge in [-0.3, -0.25) is 9.69 Å². The molecule has 2 aromatic heterocycles. The van der Waals surface area contributed by atoms with E-state index < -0.39 is 0 Å². The Bertz CT molecular complexity index is 902. The number of hydrogen-bond acceptors (Lipinski definition) is 6. The van der Waals surface area contributed by atoms with E-state index in [9.17, 15) is 9.18 Å². The largest absolute Gasteiger partial charge is 0.466 e. The lowest BCUT2D eigenvalue weighted by molar-refractivity contribution is -0.117. The number of aryl methyl sites for hydroxylation is 2. The SMILES string of the molecule is Cc1cc(-c2nnc(CN(C)CC(=O)Nc3ccc(F)cc3)o2)c(C)o1. The molecule has 0 aliphatic rings. The van der Waals surface area contributed by atoms with Crippen molar-refractivity contribution >= 4 is 11.6 Å². The van der Waals surface area contributed by atoms with Crippen LogP contribution in [-0.4, -0.2) is 34.6 Å². The van der Waals surface area contributed by atoms with Crippen molar-refractivity contribution in [2.75, 3.05) is 18.9 Å². The van der Waals surface area contributed by atoms with Gasteiger partial charge in [0, 0.05) is 5.69 Å². The summed E-state index contributed by atoms with van der Waals surface area (Å²) >= 11 is 0. The molecular weight excluding hydrogens is 339 g/mol. The molecule has 3 rings (SSSR count). The van der Waals surface area contributed by atoms with Crippen molar-refractivity contribution in [2.45, 2.75) is 20.4 Å². The zero-order chi connectivity index (χ0) is 18.7. The molecule has 0 radical (unpaired) electrons. The summed E-state index contributed by atoms with van der Waals surface area (Å²) in [5.74, 6) is 1.70. The molecule has 0 unspecified atom stereocenters. The minimum absolute atomic E-state index is 0.124. The molecule has 0 aliphatic heterocycles. The molecule has 0 saturated heterocycles. The zero-order valence-corrected chi connectivity index (χ0v) is 14.7. The van der Waals surface area contributed by atoms with E-state index >= 15 is 0 Å². The Kier molecular flexibility index (Phi) is 5.13. The Hall–Kier alpha value is -3.00. The molecule has 7 nitrogen and oxygen atoms in total. The second kappa shape index (κ2) is 7.49. The van der Waals surface area contributed by atoms with Crippen LogP contribution in [0.5, 0.6) is 0 Å². The van der Waals surface area contributed by atoms with Gasteiger partial charge < -0.3 is 14.2 Å². The fraction of sp³-hybridized carbons (Fsp3) is 0.278. The molecule has 3 aromatic rings. The molecule has 1 aromatic carbocycles. The molecular formula is C18H19FN4O3. The summed E-state index contributed by atoms with van der Waals surface area (Å²) in [6.07, 6.45) is 0. The minimum atomic E-state index is -0.352. The van der Waals surface area contributed by atoms with Gasteiger partial charge in [-0.05, 0) is 51.2 Å². The summed E-state index contributed by atoms with van der Waals surface area (Å²) in [6, 6.07) is 7.43. The maximum atomic E-state index is 12.9. The van der Waals surface area contributed by atoms with Gasteiger partial charge in [-0.25, -0.2) is 4.39 Å². The van der Waals surface area contributed by atoms with E-state index in [0.717, 1.165) is 11.3 Å². The van der Waals surface area contributed by atoms with Gasteiger partial charge in [0.25, 0.3) is 5.89 Å². The predicted molar refractivity (Wildman–Crippen MR) is 92.8 cm³/mol. The van der Waals surface area contributed by atoms with Gasteiger partial charge in [-0.2, -0.15) is 0 Å². The van der Waals surface area contributed by atoms with Crippen molar-refractivity contribution in [3.63, 3.8) is 0 Å². The molecule has 0 saturated carbocycles.